The zero-order chi connectivity index (χ0) is 14.7. The van der Waals surface area contributed by atoms with Crippen LogP contribution in [0.1, 0.15) is 24.7 Å². The van der Waals surface area contributed by atoms with E-state index in [2.05, 4.69) is 17.0 Å². The SMILES string of the molecule is CCCn1ncnc1CC(=O)C1COc2ccccc2C1. The van der Waals surface area contributed by atoms with Crippen LogP contribution in [-0.4, -0.2) is 27.2 Å². The molecule has 0 saturated heterocycles. The number of para-hydroxylation sites is 1. The zero-order valence-electron chi connectivity index (χ0n) is 12.2. The van der Waals surface area contributed by atoms with Crippen LogP contribution in [0.2, 0.25) is 0 Å². The van der Waals surface area contributed by atoms with Gasteiger partial charge in [-0.25, -0.2) is 9.67 Å². The maximum Gasteiger partial charge on any atom is 0.147 e. The molecular formula is C16H19N3O2. The number of carbonyl (C=O) groups excluding carboxylic acids is 1. The molecule has 0 fully saturated rings. The summed E-state index contributed by atoms with van der Waals surface area (Å²) in [5.74, 6) is 1.73. The normalized spacial score (nSPS) is 17.1. The number of hydrogen-bond donors (Lipinski definition) is 0. The molecule has 1 atom stereocenters. The molecule has 1 aliphatic heterocycles. The molecule has 1 unspecified atom stereocenters. The van der Waals surface area contributed by atoms with Crippen molar-refractivity contribution >= 4 is 5.78 Å². The number of nitrogens with zero attached hydrogens (tertiary/aromatic N) is 3. The summed E-state index contributed by atoms with van der Waals surface area (Å²) in [6.45, 7) is 3.34. The van der Waals surface area contributed by atoms with Crippen LogP contribution in [-0.2, 0) is 24.2 Å². The second kappa shape index (κ2) is 6.08. The van der Waals surface area contributed by atoms with E-state index in [4.69, 9.17) is 4.74 Å². The number of aryl methyl sites for hydroxylation is 1. The van der Waals surface area contributed by atoms with Crippen molar-refractivity contribution < 1.29 is 9.53 Å². The fourth-order valence-corrected chi connectivity index (χ4v) is 2.66. The van der Waals surface area contributed by atoms with Gasteiger partial charge < -0.3 is 4.74 Å². The third-order valence-corrected chi connectivity index (χ3v) is 3.80. The van der Waals surface area contributed by atoms with Gasteiger partial charge in [0.25, 0.3) is 0 Å². The predicted octanol–water partition coefficient (Wildman–Crippen LogP) is 2.05. The molecule has 0 bridgehead atoms. The summed E-state index contributed by atoms with van der Waals surface area (Å²) in [5.41, 5.74) is 1.11. The molecule has 0 aliphatic carbocycles. The van der Waals surface area contributed by atoms with Crippen molar-refractivity contribution in [3.8, 4) is 5.75 Å². The van der Waals surface area contributed by atoms with E-state index in [-0.39, 0.29) is 11.7 Å². The highest BCUT2D eigenvalue weighted by Crippen LogP contribution is 2.27. The summed E-state index contributed by atoms with van der Waals surface area (Å²) >= 11 is 0. The lowest BCUT2D eigenvalue weighted by molar-refractivity contribution is -0.123. The quantitative estimate of drug-likeness (QED) is 0.843. The Balaban J connectivity index is 1.68. The minimum absolute atomic E-state index is 0.0910. The zero-order valence-corrected chi connectivity index (χ0v) is 12.2. The summed E-state index contributed by atoms with van der Waals surface area (Å²) < 4.78 is 7.51. The Morgan fingerprint density at radius 2 is 2.29 bits per heavy atom. The van der Waals surface area contributed by atoms with E-state index in [1.807, 2.05) is 28.9 Å². The molecule has 2 heterocycles. The van der Waals surface area contributed by atoms with E-state index >= 15 is 0 Å². The fourth-order valence-electron chi connectivity index (χ4n) is 2.66. The van der Waals surface area contributed by atoms with Gasteiger partial charge in [0.1, 0.15) is 23.7 Å². The topological polar surface area (TPSA) is 57.0 Å². The molecule has 110 valence electrons. The number of benzene rings is 1. The van der Waals surface area contributed by atoms with Crippen molar-refractivity contribution in [1.29, 1.82) is 0 Å². The lowest BCUT2D eigenvalue weighted by atomic mass is 9.91. The van der Waals surface area contributed by atoms with E-state index < -0.39 is 0 Å². The summed E-state index contributed by atoms with van der Waals surface area (Å²) in [6.07, 6.45) is 3.57. The van der Waals surface area contributed by atoms with Crippen LogP contribution in [0.3, 0.4) is 0 Å². The molecule has 0 spiro atoms. The Morgan fingerprint density at radius 1 is 1.43 bits per heavy atom. The van der Waals surface area contributed by atoms with Gasteiger partial charge in [-0.3, -0.25) is 4.79 Å². The number of fused-ring (bicyclic) bond motifs is 1. The van der Waals surface area contributed by atoms with Crippen LogP contribution in [0.15, 0.2) is 30.6 Å². The van der Waals surface area contributed by atoms with Crippen LogP contribution in [0.4, 0.5) is 0 Å². The Labute approximate surface area is 124 Å². The van der Waals surface area contributed by atoms with Gasteiger partial charge in [-0.1, -0.05) is 25.1 Å². The van der Waals surface area contributed by atoms with Crippen molar-refractivity contribution in [2.45, 2.75) is 32.7 Å². The van der Waals surface area contributed by atoms with E-state index in [0.717, 1.165) is 36.5 Å². The molecule has 2 aromatic rings. The highest BCUT2D eigenvalue weighted by Gasteiger charge is 2.26. The number of carbonyl (C=O) groups is 1. The third kappa shape index (κ3) is 2.96. The van der Waals surface area contributed by atoms with Gasteiger partial charge in [-0.15, -0.1) is 0 Å². The molecule has 1 aromatic heterocycles. The van der Waals surface area contributed by atoms with Crippen LogP contribution in [0.5, 0.6) is 5.75 Å². The van der Waals surface area contributed by atoms with Crippen LogP contribution in [0.25, 0.3) is 0 Å². The number of ketones is 1. The number of rotatable bonds is 5. The van der Waals surface area contributed by atoms with E-state index in [0.29, 0.717) is 13.0 Å². The summed E-state index contributed by atoms with van der Waals surface area (Å²) in [6, 6.07) is 7.91. The predicted molar refractivity (Wildman–Crippen MR) is 78.2 cm³/mol. The Morgan fingerprint density at radius 3 is 3.14 bits per heavy atom. The molecule has 0 amide bonds. The molecule has 0 saturated carbocycles. The summed E-state index contributed by atoms with van der Waals surface area (Å²) in [7, 11) is 0. The number of ether oxygens (including phenoxy) is 1. The highest BCUT2D eigenvalue weighted by molar-refractivity contribution is 5.83. The second-order valence-electron chi connectivity index (χ2n) is 5.36. The summed E-state index contributed by atoms with van der Waals surface area (Å²) in [4.78, 5) is 16.7. The monoisotopic (exact) mass is 285 g/mol. The minimum Gasteiger partial charge on any atom is -0.493 e. The van der Waals surface area contributed by atoms with Gasteiger partial charge in [0.2, 0.25) is 0 Å². The van der Waals surface area contributed by atoms with Gasteiger partial charge in [0.05, 0.1) is 18.9 Å². The Kier molecular flexibility index (Phi) is 3.99. The average molecular weight is 285 g/mol. The first-order chi connectivity index (χ1) is 10.3. The van der Waals surface area contributed by atoms with Crippen molar-refractivity contribution in [2.75, 3.05) is 6.61 Å². The molecule has 1 aliphatic rings. The molecular weight excluding hydrogens is 266 g/mol. The lowest BCUT2D eigenvalue weighted by Crippen LogP contribution is -2.30. The van der Waals surface area contributed by atoms with Crippen molar-refractivity contribution in [2.24, 2.45) is 5.92 Å². The third-order valence-electron chi connectivity index (χ3n) is 3.80. The molecule has 1 aromatic carbocycles. The van der Waals surface area contributed by atoms with E-state index in [9.17, 15) is 4.79 Å². The first-order valence-electron chi connectivity index (χ1n) is 7.38. The molecule has 5 nitrogen and oxygen atoms in total. The van der Waals surface area contributed by atoms with E-state index in [1.54, 1.807) is 0 Å². The Bertz CT molecular complexity index is 636. The van der Waals surface area contributed by atoms with Crippen LogP contribution in [0, 0.1) is 5.92 Å². The largest absolute Gasteiger partial charge is 0.493 e. The van der Waals surface area contributed by atoms with Gasteiger partial charge in [-0.05, 0) is 24.5 Å². The lowest BCUT2D eigenvalue weighted by Gasteiger charge is -2.24. The van der Waals surface area contributed by atoms with Crippen LogP contribution < -0.4 is 4.74 Å². The highest BCUT2D eigenvalue weighted by atomic mass is 16.5. The molecule has 21 heavy (non-hydrogen) atoms. The maximum atomic E-state index is 12.5. The number of aromatic nitrogens is 3. The van der Waals surface area contributed by atoms with Gasteiger partial charge in [0.15, 0.2) is 0 Å². The maximum absolute atomic E-state index is 12.5. The second-order valence-corrected chi connectivity index (χ2v) is 5.36. The molecule has 0 radical (unpaired) electrons. The van der Waals surface area contributed by atoms with Gasteiger partial charge in [-0.2, -0.15) is 5.10 Å². The smallest absolute Gasteiger partial charge is 0.147 e. The molecule has 3 rings (SSSR count). The standard InChI is InChI=1S/C16H19N3O2/c1-2-7-19-16(17-11-18-19)9-14(20)13-8-12-5-3-4-6-15(12)21-10-13/h3-6,11,13H,2,7-10H2,1H3. The fraction of sp³-hybridized carbons (Fsp3) is 0.438. The number of Topliss-reactive ketones (excluding diaryl/α,β-unsaturated/α-hetero) is 1. The van der Waals surface area contributed by atoms with Gasteiger partial charge in [0, 0.05) is 6.54 Å². The van der Waals surface area contributed by atoms with Gasteiger partial charge >= 0.3 is 0 Å². The average Bonchev–Trinajstić information content (AvgIpc) is 2.94. The minimum atomic E-state index is -0.0910. The number of hydrogen-bond acceptors (Lipinski definition) is 4. The first kappa shape index (κ1) is 13.8. The van der Waals surface area contributed by atoms with E-state index in [1.165, 1.54) is 6.33 Å². The summed E-state index contributed by atoms with van der Waals surface area (Å²) in [5, 5.41) is 4.16. The first-order valence-corrected chi connectivity index (χ1v) is 7.38. The molecule has 5 heteroatoms. The van der Waals surface area contributed by atoms with Crippen molar-refractivity contribution in [3.63, 3.8) is 0 Å². The van der Waals surface area contributed by atoms with Crippen LogP contribution >= 0.6 is 0 Å². The van der Waals surface area contributed by atoms with Crippen molar-refractivity contribution in [3.05, 3.63) is 42.0 Å². The molecule has 0 N–H and O–H groups in total. The Hall–Kier alpha value is -2.17. The van der Waals surface area contributed by atoms with Crippen molar-refractivity contribution in [1.82, 2.24) is 14.8 Å².